The van der Waals surface area contributed by atoms with Crippen molar-refractivity contribution in [2.45, 2.75) is 58.4 Å². The Bertz CT molecular complexity index is 433. The van der Waals surface area contributed by atoms with Gasteiger partial charge in [-0.3, -0.25) is 4.98 Å². The van der Waals surface area contributed by atoms with Gasteiger partial charge in [0.1, 0.15) is 5.75 Å². The molecule has 1 aliphatic rings. The van der Waals surface area contributed by atoms with Gasteiger partial charge in [-0.25, -0.2) is 0 Å². The maximum absolute atomic E-state index is 6.72. The van der Waals surface area contributed by atoms with E-state index in [4.69, 9.17) is 10.5 Å². The molecular formula is C17H28N2O. The van der Waals surface area contributed by atoms with Crippen LogP contribution in [0.1, 0.15) is 58.4 Å². The Morgan fingerprint density at radius 1 is 1.45 bits per heavy atom. The molecule has 1 fully saturated rings. The lowest BCUT2D eigenvalue weighted by molar-refractivity contribution is 0.201. The number of rotatable bonds is 5. The summed E-state index contributed by atoms with van der Waals surface area (Å²) in [6.45, 7) is 7.25. The fraction of sp³-hybridized carbons (Fsp3) is 0.706. The van der Waals surface area contributed by atoms with E-state index in [0.29, 0.717) is 6.61 Å². The van der Waals surface area contributed by atoms with Crippen LogP contribution in [0.25, 0.3) is 0 Å². The van der Waals surface area contributed by atoms with E-state index in [0.717, 1.165) is 36.0 Å². The number of pyridine rings is 1. The fourth-order valence-corrected chi connectivity index (χ4v) is 3.49. The van der Waals surface area contributed by atoms with E-state index in [-0.39, 0.29) is 5.54 Å². The minimum Gasteiger partial charge on any atom is -0.492 e. The molecule has 0 amide bonds. The highest BCUT2D eigenvalue weighted by molar-refractivity contribution is 5.29. The number of hydrogen-bond donors (Lipinski definition) is 1. The van der Waals surface area contributed by atoms with Crippen LogP contribution in [0.3, 0.4) is 0 Å². The molecule has 0 saturated heterocycles. The van der Waals surface area contributed by atoms with Crippen molar-refractivity contribution in [1.29, 1.82) is 0 Å². The third-order valence-electron chi connectivity index (χ3n) is 4.29. The highest BCUT2D eigenvalue weighted by Gasteiger charge is 2.34. The summed E-state index contributed by atoms with van der Waals surface area (Å²) < 4.78 is 5.56. The lowest BCUT2D eigenvalue weighted by atomic mass is 9.71. The fourth-order valence-electron chi connectivity index (χ4n) is 3.49. The summed E-state index contributed by atoms with van der Waals surface area (Å²) in [5.74, 6) is 2.32. The maximum atomic E-state index is 6.72. The molecular weight excluding hydrogens is 248 g/mol. The summed E-state index contributed by atoms with van der Waals surface area (Å²) in [5.41, 5.74) is 7.63. The van der Waals surface area contributed by atoms with Crippen molar-refractivity contribution in [2.24, 2.45) is 17.6 Å². The molecule has 2 rings (SSSR count). The first-order valence-electron chi connectivity index (χ1n) is 7.90. The first-order valence-corrected chi connectivity index (χ1v) is 7.90. The molecule has 0 spiro atoms. The molecule has 3 nitrogen and oxygen atoms in total. The molecule has 112 valence electrons. The Balaban J connectivity index is 2.14. The van der Waals surface area contributed by atoms with E-state index < -0.39 is 0 Å². The molecule has 1 aromatic heterocycles. The van der Waals surface area contributed by atoms with Gasteiger partial charge in [-0.15, -0.1) is 0 Å². The van der Waals surface area contributed by atoms with Crippen molar-refractivity contribution >= 4 is 0 Å². The third-order valence-corrected chi connectivity index (χ3v) is 4.29. The van der Waals surface area contributed by atoms with E-state index >= 15 is 0 Å². The smallest absolute Gasteiger partial charge is 0.137 e. The Kier molecular flexibility index (Phi) is 5.03. The normalized spacial score (nSPS) is 26.8. The second-order valence-electron chi connectivity index (χ2n) is 6.59. The van der Waals surface area contributed by atoms with Gasteiger partial charge in [0.25, 0.3) is 0 Å². The molecule has 1 heterocycles. The van der Waals surface area contributed by atoms with Gasteiger partial charge in [0.15, 0.2) is 0 Å². The monoisotopic (exact) mass is 276 g/mol. The van der Waals surface area contributed by atoms with E-state index in [1.807, 2.05) is 13.1 Å². The topological polar surface area (TPSA) is 48.1 Å². The molecule has 1 aromatic rings. The maximum Gasteiger partial charge on any atom is 0.137 e. The molecule has 1 aliphatic carbocycles. The van der Waals surface area contributed by atoms with Crippen molar-refractivity contribution in [3.8, 4) is 5.75 Å². The summed E-state index contributed by atoms with van der Waals surface area (Å²) >= 11 is 0. The first-order chi connectivity index (χ1) is 9.53. The van der Waals surface area contributed by atoms with Crippen molar-refractivity contribution in [3.63, 3.8) is 0 Å². The standard InChI is InChI=1S/C17H28N2O/c1-4-20-16-9-15(11-19-12-16)17(18)7-5-6-14(10-17)8-13(2)3/h9,11-14H,4-8,10,18H2,1-3H3. The van der Waals surface area contributed by atoms with E-state index in [2.05, 4.69) is 24.9 Å². The number of nitrogens with two attached hydrogens (primary N) is 1. The largest absolute Gasteiger partial charge is 0.492 e. The molecule has 0 aromatic carbocycles. The molecule has 20 heavy (non-hydrogen) atoms. The van der Waals surface area contributed by atoms with Gasteiger partial charge in [-0.1, -0.05) is 26.7 Å². The molecule has 2 unspecified atom stereocenters. The lowest BCUT2D eigenvalue weighted by Crippen LogP contribution is -2.41. The van der Waals surface area contributed by atoms with Gasteiger partial charge in [0, 0.05) is 11.7 Å². The van der Waals surface area contributed by atoms with Crippen molar-refractivity contribution in [3.05, 3.63) is 24.0 Å². The summed E-state index contributed by atoms with van der Waals surface area (Å²) in [6.07, 6.45) is 9.62. The zero-order chi connectivity index (χ0) is 14.6. The summed E-state index contributed by atoms with van der Waals surface area (Å²) in [6, 6.07) is 2.08. The lowest BCUT2D eigenvalue weighted by Gasteiger charge is -2.39. The van der Waals surface area contributed by atoms with Gasteiger partial charge in [-0.2, -0.15) is 0 Å². The molecule has 0 aliphatic heterocycles. The minimum absolute atomic E-state index is 0.224. The number of nitrogens with zero attached hydrogens (tertiary/aromatic N) is 1. The summed E-state index contributed by atoms with van der Waals surface area (Å²) in [4.78, 5) is 4.30. The van der Waals surface area contributed by atoms with Crippen LogP contribution in [0, 0.1) is 11.8 Å². The van der Waals surface area contributed by atoms with Crippen LogP contribution < -0.4 is 10.5 Å². The predicted molar refractivity (Wildman–Crippen MR) is 82.7 cm³/mol. The first kappa shape index (κ1) is 15.3. The molecule has 0 radical (unpaired) electrons. The number of hydrogen-bond acceptors (Lipinski definition) is 3. The van der Waals surface area contributed by atoms with Crippen LogP contribution >= 0.6 is 0 Å². The quantitative estimate of drug-likeness (QED) is 0.888. The summed E-state index contributed by atoms with van der Waals surface area (Å²) in [5, 5.41) is 0. The Morgan fingerprint density at radius 2 is 2.25 bits per heavy atom. The van der Waals surface area contributed by atoms with Crippen LogP contribution in [-0.4, -0.2) is 11.6 Å². The second-order valence-corrected chi connectivity index (χ2v) is 6.59. The average molecular weight is 276 g/mol. The highest BCUT2D eigenvalue weighted by atomic mass is 16.5. The molecule has 3 heteroatoms. The number of aromatic nitrogens is 1. The van der Waals surface area contributed by atoms with Crippen LogP contribution in [0.2, 0.25) is 0 Å². The van der Waals surface area contributed by atoms with Gasteiger partial charge in [0.2, 0.25) is 0 Å². The SMILES string of the molecule is CCOc1cncc(C2(N)CCCC(CC(C)C)C2)c1. The molecule has 1 saturated carbocycles. The minimum atomic E-state index is -0.224. The van der Waals surface area contributed by atoms with Crippen molar-refractivity contribution in [2.75, 3.05) is 6.61 Å². The molecule has 2 atom stereocenters. The summed E-state index contributed by atoms with van der Waals surface area (Å²) in [7, 11) is 0. The van der Waals surface area contributed by atoms with Crippen molar-refractivity contribution in [1.82, 2.24) is 4.98 Å². The zero-order valence-corrected chi connectivity index (χ0v) is 13.1. The Hall–Kier alpha value is -1.09. The van der Waals surface area contributed by atoms with Crippen LogP contribution in [-0.2, 0) is 5.54 Å². The number of ether oxygens (including phenoxy) is 1. The molecule has 2 N–H and O–H groups in total. The van der Waals surface area contributed by atoms with E-state index in [1.54, 1.807) is 6.20 Å². The van der Waals surface area contributed by atoms with Crippen LogP contribution in [0.4, 0.5) is 0 Å². The predicted octanol–water partition coefficient (Wildman–Crippen LogP) is 3.87. The van der Waals surface area contributed by atoms with Gasteiger partial charge < -0.3 is 10.5 Å². The van der Waals surface area contributed by atoms with Crippen molar-refractivity contribution < 1.29 is 4.74 Å². The van der Waals surface area contributed by atoms with Gasteiger partial charge in [0.05, 0.1) is 12.8 Å². The molecule has 0 bridgehead atoms. The van der Waals surface area contributed by atoms with E-state index in [9.17, 15) is 0 Å². The van der Waals surface area contributed by atoms with Gasteiger partial charge in [-0.05, 0) is 49.7 Å². The second kappa shape index (κ2) is 6.57. The average Bonchev–Trinajstić information content (AvgIpc) is 2.39. The van der Waals surface area contributed by atoms with Crippen LogP contribution in [0.5, 0.6) is 5.75 Å². The zero-order valence-electron chi connectivity index (χ0n) is 13.1. The van der Waals surface area contributed by atoms with Gasteiger partial charge >= 0.3 is 0 Å². The van der Waals surface area contributed by atoms with E-state index in [1.165, 1.54) is 19.3 Å². The highest BCUT2D eigenvalue weighted by Crippen LogP contribution is 2.40. The third kappa shape index (κ3) is 3.72. The van der Waals surface area contributed by atoms with Crippen LogP contribution in [0.15, 0.2) is 18.5 Å². The Labute approximate surface area is 122 Å². The Morgan fingerprint density at radius 3 is 2.95 bits per heavy atom.